The number of ether oxygens (including phenoxy) is 1. The van der Waals surface area contributed by atoms with Crippen LogP contribution in [0.4, 0.5) is 11.5 Å². The number of aromatic amines is 1. The fraction of sp³-hybridized carbons (Fsp3) is 0.286. The second kappa shape index (κ2) is 6.10. The molecule has 1 heterocycles. The van der Waals surface area contributed by atoms with Crippen LogP contribution in [0.3, 0.4) is 0 Å². The molecule has 6 nitrogen and oxygen atoms in total. The van der Waals surface area contributed by atoms with Gasteiger partial charge in [0.25, 0.3) is 0 Å². The average Bonchev–Trinajstić information content (AvgIpc) is 2.71. The summed E-state index contributed by atoms with van der Waals surface area (Å²) >= 11 is 0. The van der Waals surface area contributed by atoms with E-state index in [0.717, 1.165) is 17.0 Å². The fourth-order valence-corrected chi connectivity index (χ4v) is 1.69. The first-order valence-electron chi connectivity index (χ1n) is 6.36. The fourth-order valence-electron chi connectivity index (χ4n) is 1.69. The van der Waals surface area contributed by atoms with Gasteiger partial charge >= 0.3 is 0 Å². The molecule has 0 saturated carbocycles. The molecule has 0 aliphatic carbocycles. The van der Waals surface area contributed by atoms with Crippen LogP contribution in [0.25, 0.3) is 0 Å². The number of nitrogens with one attached hydrogen (secondary N) is 2. The Morgan fingerprint density at radius 2 is 2.25 bits per heavy atom. The predicted octanol–water partition coefficient (Wildman–Crippen LogP) is 2.02. The van der Waals surface area contributed by atoms with E-state index in [1.165, 1.54) is 0 Å². The molecule has 6 heteroatoms. The first-order valence-corrected chi connectivity index (χ1v) is 6.36. The van der Waals surface area contributed by atoms with Gasteiger partial charge in [0.05, 0.1) is 24.4 Å². The Morgan fingerprint density at radius 1 is 1.45 bits per heavy atom. The average molecular weight is 274 g/mol. The molecule has 0 unspecified atom stereocenters. The second-order valence-electron chi connectivity index (χ2n) is 4.57. The Labute approximate surface area is 117 Å². The van der Waals surface area contributed by atoms with E-state index < -0.39 is 0 Å². The molecular weight excluding hydrogens is 256 g/mol. The Morgan fingerprint density at radius 3 is 2.90 bits per heavy atom. The van der Waals surface area contributed by atoms with Crippen LogP contribution in [0.15, 0.2) is 24.3 Å². The Balaban J connectivity index is 1.80. The van der Waals surface area contributed by atoms with Crippen molar-refractivity contribution in [3.8, 4) is 5.75 Å². The molecule has 0 saturated heterocycles. The van der Waals surface area contributed by atoms with E-state index in [2.05, 4.69) is 15.5 Å². The zero-order valence-electron chi connectivity index (χ0n) is 11.6. The highest BCUT2D eigenvalue weighted by Crippen LogP contribution is 2.18. The standard InChI is InChI=1S/C14H18N4O2/c1-9-4-3-5-11(8-9)20-7-6-12(19)16-14-13(15)10(2)17-18-14/h3-5,8H,6-7,15H2,1-2H3,(H2,16,17,18,19). The molecule has 2 rings (SSSR count). The maximum atomic E-state index is 11.7. The lowest BCUT2D eigenvalue weighted by molar-refractivity contribution is -0.116. The van der Waals surface area contributed by atoms with Crippen LogP contribution in [0.2, 0.25) is 0 Å². The number of nitrogens with two attached hydrogens (primary N) is 1. The summed E-state index contributed by atoms with van der Waals surface area (Å²) in [6.07, 6.45) is 0.235. The van der Waals surface area contributed by atoms with Gasteiger partial charge in [-0.25, -0.2) is 0 Å². The minimum Gasteiger partial charge on any atom is -0.493 e. The lowest BCUT2D eigenvalue weighted by Crippen LogP contribution is -2.16. The molecule has 0 aliphatic rings. The van der Waals surface area contributed by atoms with Gasteiger partial charge in [0.2, 0.25) is 5.91 Å². The normalized spacial score (nSPS) is 10.3. The predicted molar refractivity (Wildman–Crippen MR) is 77.7 cm³/mol. The summed E-state index contributed by atoms with van der Waals surface area (Å²) in [5.74, 6) is 0.937. The molecule has 0 fully saturated rings. The summed E-state index contributed by atoms with van der Waals surface area (Å²) in [6.45, 7) is 4.08. The molecule has 0 bridgehead atoms. The number of rotatable bonds is 5. The van der Waals surface area contributed by atoms with Crippen LogP contribution < -0.4 is 15.8 Å². The lowest BCUT2D eigenvalue weighted by atomic mass is 10.2. The minimum absolute atomic E-state index is 0.184. The van der Waals surface area contributed by atoms with Gasteiger partial charge in [-0.05, 0) is 31.5 Å². The highest BCUT2D eigenvalue weighted by atomic mass is 16.5. The monoisotopic (exact) mass is 274 g/mol. The second-order valence-corrected chi connectivity index (χ2v) is 4.57. The zero-order chi connectivity index (χ0) is 14.5. The van der Waals surface area contributed by atoms with Crippen molar-refractivity contribution in [1.82, 2.24) is 10.2 Å². The number of H-pyrrole nitrogens is 1. The van der Waals surface area contributed by atoms with Crippen molar-refractivity contribution >= 4 is 17.4 Å². The molecule has 1 amide bonds. The van der Waals surface area contributed by atoms with Crippen LogP contribution >= 0.6 is 0 Å². The number of nitrogen functional groups attached to an aromatic ring is 1. The third kappa shape index (κ3) is 3.50. The third-order valence-electron chi connectivity index (χ3n) is 2.84. The molecule has 20 heavy (non-hydrogen) atoms. The van der Waals surface area contributed by atoms with Gasteiger partial charge in [-0.3, -0.25) is 9.89 Å². The number of carbonyl (C=O) groups is 1. The molecule has 4 N–H and O–H groups in total. The summed E-state index contributed by atoms with van der Waals surface area (Å²) in [4.78, 5) is 11.7. The van der Waals surface area contributed by atoms with Gasteiger partial charge in [-0.15, -0.1) is 0 Å². The molecule has 106 valence electrons. The summed E-state index contributed by atoms with van der Waals surface area (Å²) < 4.78 is 5.51. The molecule has 0 aliphatic heterocycles. The summed E-state index contributed by atoms with van der Waals surface area (Å²) in [5.41, 5.74) is 8.05. The Kier molecular flexibility index (Phi) is 4.24. The molecule has 2 aromatic rings. The van der Waals surface area contributed by atoms with Gasteiger partial charge < -0.3 is 15.8 Å². The zero-order valence-corrected chi connectivity index (χ0v) is 11.6. The van der Waals surface area contributed by atoms with Crippen LogP contribution in [-0.2, 0) is 4.79 Å². The largest absolute Gasteiger partial charge is 0.493 e. The number of amides is 1. The van der Waals surface area contributed by atoms with E-state index in [-0.39, 0.29) is 12.3 Å². The molecule has 0 spiro atoms. The van der Waals surface area contributed by atoms with Crippen molar-refractivity contribution in [1.29, 1.82) is 0 Å². The number of benzene rings is 1. The minimum atomic E-state index is -0.184. The van der Waals surface area contributed by atoms with E-state index in [4.69, 9.17) is 10.5 Å². The quantitative estimate of drug-likeness (QED) is 0.777. The summed E-state index contributed by atoms with van der Waals surface area (Å²) in [5, 5.41) is 9.26. The highest BCUT2D eigenvalue weighted by molar-refractivity contribution is 5.92. The maximum Gasteiger partial charge on any atom is 0.229 e. The van der Waals surface area contributed by atoms with Gasteiger partial charge in [0, 0.05) is 0 Å². The number of hydrogen-bond acceptors (Lipinski definition) is 4. The van der Waals surface area contributed by atoms with Gasteiger partial charge in [-0.1, -0.05) is 12.1 Å². The van der Waals surface area contributed by atoms with Crippen molar-refractivity contribution in [3.05, 3.63) is 35.5 Å². The Bertz CT molecular complexity index is 607. The van der Waals surface area contributed by atoms with Crippen molar-refractivity contribution in [2.24, 2.45) is 0 Å². The van der Waals surface area contributed by atoms with Gasteiger partial charge in [0.15, 0.2) is 5.82 Å². The maximum absolute atomic E-state index is 11.7. The molecule has 1 aromatic carbocycles. The smallest absolute Gasteiger partial charge is 0.229 e. The SMILES string of the molecule is Cc1cccc(OCCC(=O)Nc2n[nH]c(C)c2N)c1. The van der Waals surface area contributed by atoms with E-state index in [1.807, 2.05) is 31.2 Å². The first-order chi connectivity index (χ1) is 9.56. The van der Waals surface area contributed by atoms with Gasteiger partial charge in [0.1, 0.15) is 5.75 Å². The van der Waals surface area contributed by atoms with Gasteiger partial charge in [-0.2, -0.15) is 5.10 Å². The molecule has 1 aromatic heterocycles. The number of anilines is 2. The molecule has 0 atom stereocenters. The van der Waals surface area contributed by atoms with E-state index in [9.17, 15) is 4.79 Å². The number of aromatic nitrogens is 2. The lowest BCUT2D eigenvalue weighted by Gasteiger charge is -2.07. The van der Waals surface area contributed by atoms with Crippen LogP contribution in [-0.4, -0.2) is 22.7 Å². The molecule has 0 radical (unpaired) electrons. The summed E-state index contributed by atoms with van der Waals surface area (Å²) in [7, 11) is 0. The van der Waals surface area contributed by atoms with E-state index in [1.54, 1.807) is 6.92 Å². The number of nitrogens with zero attached hydrogens (tertiary/aromatic N) is 1. The number of aryl methyl sites for hydroxylation is 2. The topological polar surface area (TPSA) is 93.0 Å². The van der Waals surface area contributed by atoms with Crippen molar-refractivity contribution in [2.75, 3.05) is 17.7 Å². The van der Waals surface area contributed by atoms with E-state index >= 15 is 0 Å². The van der Waals surface area contributed by atoms with Crippen LogP contribution in [0.1, 0.15) is 17.7 Å². The van der Waals surface area contributed by atoms with Crippen LogP contribution in [0, 0.1) is 13.8 Å². The van der Waals surface area contributed by atoms with Crippen molar-refractivity contribution in [3.63, 3.8) is 0 Å². The Hall–Kier alpha value is -2.50. The van der Waals surface area contributed by atoms with Crippen molar-refractivity contribution in [2.45, 2.75) is 20.3 Å². The molecular formula is C14H18N4O2. The van der Waals surface area contributed by atoms with Crippen LogP contribution in [0.5, 0.6) is 5.75 Å². The number of hydrogen-bond donors (Lipinski definition) is 3. The van der Waals surface area contributed by atoms with Crippen molar-refractivity contribution < 1.29 is 9.53 Å². The highest BCUT2D eigenvalue weighted by Gasteiger charge is 2.10. The number of carbonyl (C=O) groups excluding carboxylic acids is 1. The van der Waals surface area contributed by atoms with E-state index in [0.29, 0.717) is 18.1 Å². The third-order valence-corrected chi connectivity index (χ3v) is 2.84. The first kappa shape index (κ1) is 13.9. The summed E-state index contributed by atoms with van der Waals surface area (Å²) in [6, 6.07) is 7.69.